The van der Waals surface area contributed by atoms with Crippen LogP contribution in [0.2, 0.25) is 0 Å². The normalized spacial score (nSPS) is 14.9. The Bertz CT molecular complexity index is 742. The maximum Gasteiger partial charge on any atom is 0.191 e. The lowest BCUT2D eigenvalue weighted by molar-refractivity contribution is 0.625. The number of hydrogen-bond donors (Lipinski definition) is 2. The van der Waals surface area contributed by atoms with Crippen molar-refractivity contribution in [2.75, 3.05) is 43.1 Å². The molecule has 0 radical (unpaired) electrons. The largest absolute Gasteiger partial charge is 0.370 e. The van der Waals surface area contributed by atoms with Crippen molar-refractivity contribution in [3.8, 4) is 0 Å². The van der Waals surface area contributed by atoms with Gasteiger partial charge >= 0.3 is 0 Å². The van der Waals surface area contributed by atoms with Gasteiger partial charge in [0.2, 0.25) is 0 Å². The quantitative estimate of drug-likeness (QED) is 0.590. The highest BCUT2D eigenvalue weighted by Crippen LogP contribution is 2.19. The monoisotopic (exact) mass is 386 g/mol. The van der Waals surface area contributed by atoms with Gasteiger partial charge in [-0.1, -0.05) is 24.3 Å². The number of thioether (sulfide) groups is 1. The number of nitrogens with zero attached hydrogens (tertiary/aromatic N) is 2. The Morgan fingerprint density at radius 3 is 2.56 bits per heavy atom. The summed E-state index contributed by atoms with van der Waals surface area (Å²) in [7, 11) is 1.76. The average molecular weight is 387 g/mol. The Morgan fingerprint density at radius 2 is 1.85 bits per heavy atom. The number of halogens is 1. The number of benzene rings is 2. The number of aliphatic imine (C=N–C) groups is 1. The van der Waals surface area contributed by atoms with Gasteiger partial charge < -0.3 is 15.5 Å². The fourth-order valence-electron chi connectivity index (χ4n) is 3.07. The predicted molar refractivity (Wildman–Crippen MR) is 114 cm³/mol. The Morgan fingerprint density at radius 1 is 1.07 bits per heavy atom. The lowest BCUT2D eigenvalue weighted by atomic mass is 10.1. The Hall–Kier alpha value is -2.21. The van der Waals surface area contributed by atoms with Gasteiger partial charge in [0.05, 0.1) is 0 Å². The van der Waals surface area contributed by atoms with E-state index in [0.29, 0.717) is 6.54 Å². The molecule has 0 unspecified atom stereocenters. The van der Waals surface area contributed by atoms with Crippen LogP contribution in [0, 0.1) is 5.82 Å². The maximum absolute atomic E-state index is 13.2. The molecule has 0 saturated carbocycles. The highest BCUT2D eigenvalue weighted by molar-refractivity contribution is 7.99. The second-order valence-corrected chi connectivity index (χ2v) is 7.72. The Balaban J connectivity index is 1.43. The number of nitrogens with one attached hydrogen (secondary N) is 2. The Kier molecular flexibility index (Phi) is 7.39. The summed E-state index contributed by atoms with van der Waals surface area (Å²) in [5.41, 5.74) is 3.50. The summed E-state index contributed by atoms with van der Waals surface area (Å²) in [6.45, 7) is 3.68. The second kappa shape index (κ2) is 10.2. The molecule has 0 bridgehead atoms. The van der Waals surface area contributed by atoms with E-state index in [1.165, 1.54) is 28.8 Å². The summed E-state index contributed by atoms with van der Waals surface area (Å²) in [6.07, 6.45) is 0.751. The van der Waals surface area contributed by atoms with Gasteiger partial charge in [-0.05, 0) is 41.8 Å². The average Bonchev–Trinajstić information content (AvgIpc) is 2.72. The van der Waals surface area contributed by atoms with Gasteiger partial charge in [-0.25, -0.2) is 4.39 Å². The van der Waals surface area contributed by atoms with Crippen LogP contribution in [0.3, 0.4) is 0 Å². The fraction of sp³-hybridized carbons (Fsp3) is 0.381. The van der Waals surface area contributed by atoms with Crippen molar-refractivity contribution in [3.05, 3.63) is 65.5 Å². The molecule has 1 saturated heterocycles. The number of hydrogen-bond acceptors (Lipinski definition) is 3. The van der Waals surface area contributed by atoms with E-state index < -0.39 is 0 Å². The van der Waals surface area contributed by atoms with Crippen molar-refractivity contribution in [2.45, 2.75) is 13.0 Å². The molecule has 27 heavy (non-hydrogen) atoms. The molecule has 0 spiro atoms. The molecule has 2 aromatic rings. The van der Waals surface area contributed by atoms with Crippen molar-refractivity contribution in [2.24, 2.45) is 4.99 Å². The Labute approximate surface area is 165 Å². The topological polar surface area (TPSA) is 39.7 Å². The van der Waals surface area contributed by atoms with Gasteiger partial charge in [-0.2, -0.15) is 11.8 Å². The third-order valence-corrected chi connectivity index (χ3v) is 5.53. The molecule has 0 aromatic heterocycles. The van der Waals surface area contributed by atoms with Crippen LogP contribution in [0.1, 0.15) is 11.1 Å². The molecule has 0 amide bonds. The van der Waals surface area contributed by atoms with Gasteiger partial charge in [0.15, 0.2) is 5.96 Å². The minimum Gasteiger partial charge on any atom is -0.370 e. The molecule has 3 rings (SSSR count). The molecular formula is C21H27FN4S. The molecule has 2 aromatic carbocycles. The third kappa shape index (κ3) is 6.17. The van der Waals surface area contributed by atoms with Crippen molar-refractivity contribution in [3.63, 3.8) is 0 Å². The van der Waals surface area contributed by atoms with Gasteiger partial charge in [-0.15, -0.1) is 0 Å². The molecule has 1 fully saturated rings. The summed E-state index contributed by atoms with van der Waals surface area (Å²) < 4.78 is 13.2. The van der Waals surface area contributed by atoms with Crippen LogP contribution in [0.25, 0.3) is 0 Å². The number of guanidine groups is 1. The van der Waals surface area contributed by atoms with Crippen LogP contribution < -0.4 is 15.5 Å². The first-order valence-corrected chi connectivity index (χ1v) is 10.5. The van der Waals surface area contributed by atoms with Crippen molar-refractivity contribution in [1.82, 2.24) is 10.6 Å². The zero-order valence-electron chi connectivity index (χ0n) is 15.7. The zero-order chi connectivity index (χ0) is 18.9. The first-order valence-electron chi connectivity index (χ1n) is 9.35. The smallest absolute Gasteiger partial charge is 0.191 e. The van der Waals surface area contributed by atoms with Crippen LogP contribution in [0.4, 0.5) is 10.1 Å². The highest BCUT2D eigenvalue weighted by Gasteiger charge is 2.10. The second-order valence-electron chi connectivity index (χ2n) is 6.50. The summed E-state index contributed by atoms with van der Waals surface area (Å²) in [5, 5.41) is 6.61. The van der Waals surface area contributed by atoms with E-state index in [9.17, 15) is 4.39 Å². The van der Waals surface area contributed by atoms with Gasteiger partial charge in [0.25, 0.3) is 0 Å². The van der Waals surface area contributed by atoms with E-state index in [1.54, 1.807) is 19.2 Å². The molecule has 4 nitrogen and oxygen atoms in total. The van der Waals surface area contributed by atoms with Crippen molar-refractivity contribution >= 4 is 23.4 Å². The molecule has 1 heterocycles. The minimum absolute atomic E-state index is 0.193. The lowest BCUT2D eigenvalue weighted by Gasteiger charge is -2.28. The highest BCUT2D eigenvalue weighted by atomic mass is 32.2. The van der Waals surface area contributed by atoms with Crippen molar-refractivity contribution in [1.29, 1.82) is 0 Å². The molecule has 144 valence electrons. The van der Waals surface area contributed by atoms with Gasteiger partial charge in [0.1, 0.15) is 5.82 Å². The molecule has 1 aliphatic heterocycles. The number of rotatable bonds is 6. The molecule has 0 atom stereocenters. The standard InChI is InChI=1S/C21H27FN4S/c1-23-21(24-10-9-17-3-2-4-19(22)15-17)25-16-18-5-7-20(8-6-18)26-11-13-27-14-12-26/h2-8,15H,9-14,16H2,1H3,(H2,23,24,25). The molecule has 1 aliphatic rings. The van der Waals surface area contributed by atoms with E-state index in [1.807, 2.05) is 17.8 Å². The van der Waals surface area contributed by atoms with Gasteiger partial charge in [-0.3, -0.25) is 4.99 Å². The first-order chi connectivity index (χ1) is 13.2. The van der Waals surface area contributed by atoms with Gasteiger partial charge in [0, 0.05) is 50.4 Å². The van der Waals surface area contributed by atoms with Crippen LogP contribution in [0.15, 0.2) is 53.5 Å². The van der Waals surface area contributed by atoms with Crippen LogP contribution in [-0.4, -0.2) is 44.1 Å². The van der Waals surface area contributed by atoms with E-state index in [-0.39, 0.29) is 5.82 Å². The van der Waals surface area contributed by atoms with E-state index >= 15 is 0 Å². The third-order valence-electron chi connectivity index (χ3n) is 4.59. The first kappa shape index (κ1) is 19.5. The molecule has 6 heteroatoms. The fourth-order valence-corrected chi connectivity index (χ4v) is 3.97. The lowest BCUT2D eigenvalue weighted by Crippen LogP contribution is -2.37. The summed E-state index contributed by atoms with van der Waals surface area (Å²) >= 11 is 2.03. The van der Waals surface area contributed by atoms with Crippen LogP contribution in [0.5, 0.6) is 0 Å². The van der Waals surface area contributed by atoms with E-state index in [2.05, 4.69) is 44.8 Å². The van der Waals surface area contributed by atoms with E-state index in [0.717, 1.165) is 37.6 Å². The number of anilines is 1. The summed E-state index contributed by atoms with van der Waals surface area (Å²) in [4.78, 5) is 6.70. The molecule has 2 N–H and O–H groups in total. The van der Waals surface area contributed by atoms with Crippen LogP contribution >= 0.6 is 11.8 Å². The predicted octanol–water partition coefficient (Wildman–Crippen LogP) is 3.29. The summed E-state index contributed by atoms with van der Waals surface area (Å²) in [5.74, 6) is 2.98. The van der Waals surface area contributed by atoms with Crippen molar-refractivity contribution < 1.29 is 4.39 Å². The van der Waals surface area contributed by atoms with E-state index in [4.69, 9.17) is 0 Å². The zero-order valence-corrected chi connectivity index (χ0v) is 16.6. The minimum atomic E-state index is -0.193. The maximum atomic E-state index is 13.2. The van der Waals surface area contributed by atoms with Crippen LogP contribution in [-0.2, 0) is 13.0 Å². The molecular weight excluding hydrogens is 359 g/mol. The SMILES string of the molecule is CN=C(NCCc1cccc(F)c1)NCc1ccc(N2CCSCC2)cc1. The molecule has 0 aliphatic carbocycles. The summed E-state index contributed by atoms with van der Waals surface area (Å²) in [6, 6.07) is 15.5.